The minimum Gasteiger partial charge on any atom is -0.377 e. The molecule has 0 bridgehead atoms. The van der Waals surface area contributed by atoms with Crippen molar-refractivity contribution in [2.24, 2.45) is 0 Å². The van der Waals surface area contributed by atoms with Crippen LogP contribution >= 0.6 is 0 Å². The van der Waals surface area contributed by atoms with Gasteiger partial charge in [0.25, 0.3) is 0 Å². The highest BCUT2D eigenvalue weighted by Gasteiger charge is 2.28. The summed E-state index contributed by atoms with van der Waals surface area (Å²) >= 11 is 0. The first-order valence-corrected chi connectivity index (χ1v) is 5.46. The fourth-order valence-corrected chi connectivity index (χ4v) is 2.26. The van der Waals surface area contributed by atoms with Crippen molar-refractivity contribution in [3.8, 4) is 0 Å². The third-order valence-electron chi connectivity index (χ3n) is 2.79. The Bertz CT molecular complexity index is 173. The summed E-state index contributed by atoms with van der Waals surface area (Å²) in [6.07, 6.45) is 1.06. The van der Waals surface area contributed by atoms with Crippen molar-refractivity contribution in [2.75, 3.05) is 32.8 Å². The summed E-state index contributed by atoms with van der Waals surface area (Å²) in [5, 5.41) is 3.48. The molecule has 2 rings (SSSR count). The van der Waals surface area contributed by atoms with E-state index in [1.807, 2.05) is 0 Å². The first-order chi connectivity index (χ1) is 6.75. The summed E-state index contributed by atoms with van der Waals surface area (Å²) in [4.78, 5) is 2.43. The van der Waals surface area contributed by atoms with E-state index in [0.29, 0.717) is 18.4 Å². The van der Waals surface area contributed by atoms with E-state index >= 15 is 0 Å². The molecule has 3 atom stereocenters. The second-order valence-corrected chi connectivity index (χ2v) is 4.26. The molecule has 0 aliphatic carbocycles. The van der Waals surface area contributed by atoms with Crippen LogP contribution in [-0.2, 0) is 9.47 Å². The molecule has 0 saturated carbocycles. The molecular weight excluding hydrogens is 180 g/mol. The van der Waals surface area contributed by atoms with Gasteiger partial charge in [-0.3, -0.25) is 10.2 Å². The van der Waals surface area contributed by atoms with Gasteiger partial charge in [0, 0.05) is 19.6 Å². The van der Waals surface area contributed by atoms with Crippen LogP contribution in [0.3, 0.4) is 0 Å². The molecule has 2 heterocycles. The Morgan fingerprint density at radius 3 is 2.50 bits per heavy atom. The van der Waals surface area contributed by atoms with E-state index in [1.54, 1.807) is 0 Å². The van der Waals surface area contributed by atoms with E-state index < -0.39 is 0 Å². The maximum absolute atomic E-state index is 5.70. The molecule has 0 aromatic rings. The second-order valence-electron chi connectivity index (χ2n) is 4.26. The van der Waals surface area contributed by atoms with Crippen LogP contribution in [0.5, 0.6) is 0 Å². The normalized spacial score (nSPS) is 41.1. The Morgan fingerprint density at radius 2 is 1.93 bits per heavy atom. The zero-order valence-corrected chi connectivity index (χ0v) is 9.03. The summed E-state index contributed by atoms with van der Waals surface area (Å²) in [6, 6.07) is 0. The molecule has 82 valence electrons. The standard InChI is InChI=1S/C10H20N2O2/c1-8-5-12(6-9(2)14-8)10-7-13-4-3-11-10/h8-11H,3-7H2,1-2H3. The second kappa shape index (κ2) is 4.57. The first-order valence-electron chi connectivity index (χ1n) is 5.46. The van der Waals surface area contributed by atoms with Gasteiger partial charge in [-0.2, -0.15) is 0 Å². The van der Waals surface area contributed by atoms with Gasteiger partial charge in [0.15, 0.2) is 0 Å². The smallest absolute Gasteiger partial charge is 0.0841 e. The minimum atomic E-state index is 0.336. The van der Waals surface area contributed by atoms with E-state index in [0.717, 1.165) is 32.8 Å². The lowest BCUT2D eigenvalue weighted by Crippen LogP contribution is -2.58. The quantitative estimate of drug-likeness (QED) is 0.648. The largest absolute Gasteiger partial charge is 0.377 e. The molecule has 4 nitrogen and oxygen atoms in total. The molecule has 0 spiro atoms. The average Bonchev–Trinajstić information content (AvgIpc) is 2.18. The highest BCUT2D eigenvalue weighted by atomic mass is 16.5. The summed E-state index contributed by atoms with van der Waals surface area (Å²) in [5.74, 6) is 0. The van der Waals surface area contributed by atoms with Crippen LogP contribution in [0.25, 0.3) is 0 Å². The number of morpholine rings is 2. The molecule has 1 N–H and O–H groups in total. The Kier molecular flexibility index (Phi) is 3.38. The zero-order chi connectivity index (χ0) is 9.97. The van der Waals surface area contributed by atoms with Crippen LogP contribution in [0.2, 0.25) is 0 Å². The van der Waals surface area contributed by atoms with Gasteiger partial charge in [0.1, 0.15) is 0 Å². The Balaban J connectivity index is 1.88. The van der Waals surface area contributed by atoms with Crippen LogP contribution < -0.4 is 5.32 Å². The lowest BCUT2D eigenvalue weighted by atomic mass is 10.2. The van der Waals surface area contributed by atoms with Crippen LogP contribution in [-0.4, -0.2) is 56.1 Å². The highest BCUT2D eigenvalue weighted by molar-refractivity contribution is 4.79. The van der Waals surface area contributed by atoms with Crippen molar-refractivity contribution in [1.82, 2.24) is 10.2 Å². The maximum Gasteiger partial charge on any atom is 0.0841 e. The summed E-state index contributed by atoms with van der Waals surface area (Å²) < 4.78 is 11.2. The van der Waals surface area contributed by atoms with Gasteiger partial charge in [-0.15, -0.1) is 0 Å². The van der Waals surface area contributed by atoms with Gasteiger partial charge in [-0.05, 0) is 13.8 Å². The third-order valence-corrected chi connectivity index (χ3v) is 2.79. The van der Waals surface area contributed by atoms with E-state index in [-0.39, 0.29) is 0 Å². The van der Waals surface area contributed by atoms with E-state index in [9.17, 15) is 0 Å². The lowest BCUT2D eigenvalue weighted by molar-refractivity contribution is -0.102. The third kappa shape index (κ3) is 2.45. The molecule has 0 aromatic carbocycles. The number of nitrogens with zero attached hydrogens (tertiary/aromatic N) is 1. The Hall–Kier alpha value is -0.160. The molecule has 2 fully saturated rings. The lowest BCUT2D eigenvalue weighted by Gasteiger charge is -2.41. The van der Waals surface area contributed by atoms with Crippen molar-refractivity contribution in [3.05, 3.63) is 0 Å². The predicted octanol–water partition coefficient (Wildman–Crippen LogP) is 0.0415. The molecular formula is C10H20N2O2. The number of ether oxygens (including phenoxy) is 2. The topological polar surface area (TPSA) is 33.7 Å². The van der Waals surface area contributed by atoms with Crippen LogP contribution in [0, 0.1) is 0 Å². The molecule has 14 heavy (non-hydrogen) atoms. The minimum absolute atomic E-state index is 0.336. The number of rotatable bonds is 1. The summed E-state index contributed by atoms with van der Waals surface area (Å²) in [7, 11) is 0. The number of nitrogens with one attached hydrogen (secondary N) is 1. The van der Waals surface area contributed by atoms with Gasteiger partial charge >= 0.3 is 0 Å². The molecule has 2 saturated heterocycles. The highest BCUT2D eigenvalue weighted by Crippen LogP contribution is 2.13. The summed E-state index contributed by atoms with van der Waals surface area (Å²) in [6.45, 7) is 8.88. The van der Waals surface area contributed by atoms with E-state index in [2.05, 4.69) is 24.1 Å². The van der Waals surface area contributed by atoms with Crippen LogP contribution in [0.15, 0.2) is 0 Å². The Labute approximate surface area is 85.5 Å². The van der Waals surface area contributed by atoms with Crippen LogP contribution in [0.1, 0.15) is 13.8 Å². The van der Waals surface area contributed by atoms with E-state index in [4.69, 9.17) is 9.47 Å². The van der Waals surface area contributed by atoms with Gasteiger partial charge in [-0.1, -0.05) is 0 Å². The molecule has 0 aromatic heterocycles. The van der Waals surface area contributed by atoms with Gasteiger partial charge < -0.3 is 9.47 Å². The van der Waals surface area contributed by atoms with Gasteiger partial charge in [0.2, 0.25) is 0 Å². The Morgan fingerprint density at radius 1 is 1.21 bits per heavy atom. The first kappa shape index (κ1) is 10.4. The summed E-state index contributed by atoms with van der Waals surface area (Å²) in [5.41, 5.74) is 0. The van der Waals surface area contributed by atoms with E-state index in [1.165, 1.54) is 0 Å². The molecule has 2 aliphatic rings. The number of hydrogen-bond donors (Lipinski definition) is 1. The molecule has 3 unspecified atom stereocenters. The fourth-order valence-electron chi connectivity index (χ4n) is 2.26. The molecule has 2 aliphatic heterocycles. The van der Waals surface area contributed by atoms with Crippen molar-refractivity contribution < 1.29 is 9.47 Å². The van der Waals surface area contributed by atoms with Crippen molar-refractivity contribution >= 4 is 0 Å². The number of hydrogen-bond acceptors (Lipinski definition) is 4. The predicted molar refractivity (Wildman–Crippen MR) is 54.2 cm³/mol. The van der Waals surface area contributed by atoms with Gasteiger partial charge in [0.05, 0.1) is 31.6 Å². The SMILES string of the molecule is CC1CN(C2COCCN2)CC(C)O1. The van der Waals surface area contributed by atoms with Crippen LogP contribution in [0.4, 0.5) is 0 Å². The molecule has 4 heteroatoms. The monoisotopic (exact) mass is 200 g/mol. The van der Waals surface area contributed by atoms with Crippen molar-refractivity contribution in [1.29, 1.82) is 0 Å². The fraction of sp³-hybridized carbons (Fsp3) is 1.00. The average molecular weight is 200 g/mol. The zero-order valence-electron chi connectivity index (χ0n) is 9.03. The van der Waals surface area contributed by atoms with Crippen molar-refractivity contribution in [2.45, 2.75) is 32.2 Å². The van der Waals surface area contributed by atoms with Crippen molar-refractivity contribution in [3.63, 3.8) is 0 Å². The molecule has 0 radical (unpaired) electrons. The maximum atomic E-state index is 5.70. The van der Waals surface area contributed by atoms with Gasteiger partial charge in [-0.25, -0.2) is 0 Å². The molecule has 0 amide bonds.